The van der Waals surface area contributed by atoms with E-state index in [0.29, 0.717) is 17.7 Å². The molecular formula is C14H19N3O2S. The van der Waals surface area contributed by atoms with Crippen LogP contribution in [0.5, 0.6) is 0 Å². The normalized spacial score (nSPS) is 37.8. The number of rotatable bonds is 4. The fourth-order valence-electron chi connectivity index (χ4n) is 4.52. The van der Waals surface area contributed by atoms with Gasteiger partial charge in [-0.25, -0.2) is 18.1 Å². The lowest BCUT2D eigenvalue weighted by Crippen LogP contribution is -2.30. The summed E-state index contributed by atoms with van der Waals surface area (Å²) >= 11 is 0. The number of pyridine rings is 1. The van der Waals surface area contributed by atoms with Crippen LogP contribution in [0.2, 0.25) is 0 Å². The van der Waals surface area contributed by atoms with Crippen molar-refractivity contribution in [1.82, 2.24) is 9.71 Å². The van der Waals surface area contributed by atoms with Crippen molar-refractivity contribution < 1.29 is 8.42 Å². The Balaban J connectivity index is 1.57. The molecule has 5 nitrogen and oxygen atoms in total. The van der Waals surface area contributed by atoms with Crippen molar-refractivity contribution in [2.45, 2.75) is 30.2 Å². The molecular weight excluding hydrogens is 274 g/mol. The average Bonchev–Trinajstić information content (AvgIpc) is 2.85. The third kappa shape index (κ3) is 1.71. The van der Waals surface area contributed by atoms with Crippen LogP contribution in [-0.4, -0.2) is 26.5 Å². The van der Waals surface area contributed by atoms with Gasteiger partial charge in [-0.2, -0.15) is 0 Å². The van der Waals surface area contributed by atoms with Crippen molar-refractivity contribution in [2.75, 3.05) is 12.4 Å². The Bertz CT molecular complexity index is 630. The van der Waals surface area contributed by atoms with E-state index in [9.17, 15) is 8.42 Å². The van der Waals surface area contributed by atoms with Crippen LogP contribution in [0.3, 0.4) is 0 Å². The van der Waals surface area contributed by atoms with Crippen molar-refractivity contribution in [2.24, 2.45) is 23.7 Å². The number of hydrogen-bond acceptors (Lipinski definition) is 4. The van der Waals surface area contributed by atoms with Gasteiger partial charge in [0.15, 0.2) is 0 Å². The van der Waals surface area contributed by atoms with Gasteiger partial charge in [0.1, 0.15) is 10.7 Å². The largest absolute Gasteiger partial charge is 0.372 e. The summed E-state index contributed by atoms with van der Waals surface area (Å²) in [6.45, 7) is 0. The molecule has 3 aliphatic rings. The Morgan fingerprint density at radius 2 is 1.95 bits per heavy atom. The monoisotopic (exact) mass is 293 g/mol. The fourth-order valence-corrected chi connectivity index (χ4v) is 5.99. The molecule has 0 spiro atoms. The number of sulfonamides is 1. The zero-order valence-corrected chi connectivity index (χ0v) is 12.2. The van der Waals surface area contributed by atoms with Crippen LogP contribution in [-0.2, 0) is 10.0 Å². The lowest BCUT2D eigenvalue weighted by Gasteiger charge is -2.13. The molecule has 0 saturated heterocycles. The van der Waals surface area contributed by atoms with Crippen LogP contribution in [0.1, 0.15) is 19.3 Å². The van der Waals surface area contributed by atoms with E-state index in [2.05, 4.69) is 15.0 Å². The third-order valence-electron chi connectivity index (χ3n) is 5.32. The zero-order chi connectivity index (χ0) is 13.9. The fraction of sp³-hybridized carbons (Fsp3) is 0.643. The van der Waals surface area contributed by atoms with Crippen LogP contribution >= 0.6 is 0 Å². The lowest BCUT2D eigenvalue weighted by atomic mass is 10.0. The van der Waals surface area contributed by atoms with E-state index >= 15 is 0 Å². The van der Waals surface area contributed by atoms with Gasteiger partial charge < -0.3 is 5.32 Å². The van der Waals surface area contributed by atoms with Crippen molar-refractivity contribution in [3.63, 3.8) is 0 Å². The molecule has 1 aromatic heterocycles. The van der Waals surface area contributed by atoms with Crippen molar-refractivity contribution in [1.29, 1.82) is 0 Å². The average molecular weight is 293 g/mol. The van der Waals surface area contributed by atoms with Gasteiger partial charge in [0, 0.05) is 19.3 Å². The Morgan fingerprint density at radius 1 is 1.25 bits per heavy atom. The minimum absolute atomic E-state index is 0.163. The number of nitrogens with zero attached hydrogens (tertiary/aromatic N) is 1. The summed E-state index contributed by atoms with van der Waals surface area (Å²) in [7, 11) is -1.79. The molecule has 3 fully saturated rings. The molecule has 0 aliphatic heterocycles. The van der Waals surface area contributed by atoms with E-state index in [1.54, 1.807) is 25.4 Å². The van der Waals surface area contributed by atoms with Gasteiger partial charge in [0.25, 0.3) is 0 Å². The number of anilines is 1. The molecule has 1 aromatic rings. The summed E-state index contributed by atoms with van der Waals surface area (Å²) < 4.78 is 28.0. The van der Waals surface area contributed by atoms with Crippen molar-refractivity contribution in [3.8, 4) is 0 Å². The zero-order valence-electron chi connectivity index (χ0n) is 11.4. The molecule has 2 bridgehead atoms. The quantitative estimate of drug-likeness (QED) is 0.881. The topological polar surface area (TPSA) is 71.1 Å². The Morgan fingerprint density at radius 3 is 2.60 bits per heavy atom. The summed E-state index contributed by atoms with van der Waals surface area (Å²) in [5.74, 6) is 3.12. The van der Waals surface area contributed by atoms with Crippen LogP contribution in [0, 0.1) is 23.7 Å². The maximum absolute atomic E-state index is 12.5. The molecule has 0 radical (unpaired) electrons. The minimum Gasteiger partial charge on any atom is -0.372 e. The van der Waals surface area contributed by atoms with Crippen LogP contribution in [0.15, 0.2) is 23.2 Å². The summed E-state index contributed by atoms with van der Waals surface area (Å²) in [6.07, 6.45) is 5.50. The maximum atomic E-state index is 12.5. The molecule has 0 aromatic carbocycles. The number of nitrogens with one attached hydrogen (secondary N) is 2. The minimum atomic E-state index is -3.48. The van der Waals surface area contributed by atoms with E-state index in [1.807, 2.05) is 0 Å². The number of hydrogen-bond donors (Lipinski definition) is 2. The van der Waals surface area contributed by atoms with Gasteiger partial charge in [-0.3, -0.25) is 0 Å². The van der Waals surface area contributed by atoms with Gasteiger partial charge in [-0.1, -0.05) is 0 Å². The predicted molar refractivity (Wildman–Crippen MR) is 75.7 cm³/mol. The molecule has 20 heavy (non-hydrogen) atoms. The molecule has 4 unspecified atom stereocenters. The van der Waals surface area contributed by atoms with Crippen LogP contribution in [0.25, 0.3) is 0 Å². The second kappa shape index (κ2) is 4.18. The summed E-state index contributed by atoms with van der Waals surface area (Å²) in [5, 5.41) is 2.85. The molecule has 3 aliphatic carbocycles. The maximum Gasteiger partial charge on any atom is 0.244 e. The standard InChI is InChI=1S/C14H19N3O2S/c1-15-14-10(3-2-6-16-14)20(18,19)17-13-11-8-4-5-9(7-8)12(11)13/h2-3,6,8-9,11-13,17H,4-5,7H2,1H3,(H,15,16). The first kappa shape index (κ1) is 12.6. The predicted octanol–water partition coefficient (Wildman–Crippen LogP) is 1.45. The van der Waals surface area contributed by atoms with Gasteiger partial charge in [-0.05, 0) is 55.1 Å². The SMILES string of the molecule is CNc1ncccc1S(=O)(=O)NC1C2C3CCC(C3)C12. The number of aromatic nitrogens is 1. The van der Waals surface area contributed by atoms with Gasteiger partial charge in [0.05, 0.1) is 0 Å². The molecule has 6 heteroatoms. The highest BCUT2D eigenvalue weighted by Crippen LogP contribution is 2.65. The van der Waals surface area contributed by atoms with Crippen molar-refractivity contribution >= 4 is 15.8 Å². The summed E-state index contributed by atoms with van der Waals surface area (Å²) in [5.41, 5.74) is 0. The summed E-state index contributed by atoms with van der Waals surface area (Å²) in [4.78, 5) is 4.33. The molecule has 0 amide bonds. The molecule has 4 rings (SSSR count). The van der Waals surface area contributed by atoms with Gasteiger partial charge >= 0.3 is 0 Å². The van der Waals surface area contributed by atoms with E-state index in [0.717, 1.165) is 11.8 Å². The van der Waals surface area contributed by atoms with E-state index in [-0.39, 0.29) is 10.9 Å². The molecule has 4 atom stereocenters. The van der Waals surface area contributed by atoms with E-state index < -0.39 is 10.0 Å². The first-order valence-corrected chi connectivity index (χ1v) is 8.75. The molecule has 108 valence electrons. The van der Waals surface area contributed by atoms with Gasteiger partial charge in [-0.15, -0.1) is 0 Å². The summed E-state index contributed by atoms with van der Waals surface area (Å²) in [6, 6.07) is 3.43. The third-order valence-corrected chi connectivity index (χ3v) is 6.81. The lowest BCUT2D eigenvalue weighted by molar-refractivity contribution is 0.456. The Labute approximate surface area is 119 Å². The second-order valence-electron chi connectivity index (χ2n) is 6.24. The second-order valence-corrected chi connectivity index (χ2v) is 7.92. The smallest absolute Gasteiger partial charge is 0.244 e. The highest BCUT2D eigenvalue weighted by molar-refractivity contribution is 7.89. The van der Waals surface area contributed by atoms with E-state index in [1.165, 1.54) is 19.3 Å². The first-order chi connectivity index (χ1) is 9.62. The molecule has 3 saturated carbocycles. The first-order valence-electron chi connectivity index (χ1n) is 7.27. The highest BCUT2D eigenvalue weighted by Gasteiger charge is 2.65. The van der Waals surface area contributed by atoms with Crippen LogP contribution in [0.4, 0.5) is 5.82 Å². The Hall–Kier alpha value is -1.14. The van der Waals surface area contributed by atoms with Crippen LogP contribution < -0.4 is 10.0 Å². The molecule has 1 heterocycles. The van der Waals surface area contributed by atoms with Gasteiger partial charge in [0.2, 0.25) is 10.0 Å². The van der Waals surface area contributed by atoms with E-state index in [4.69, 9.17) is 0 Å². The Kier molecular flexibility index (Phi) is 2.63. The number of fused-ring (bicyclic) bond motifs is 5. The highest BCUT2D eigenvalue weighted by atomic mass is 32.2. The molecule has 2 N–H and O–H groups in total. The van der Waals surface area contributed by atoms with Crippen molar-refractivity contribution in [3.05, 3.63) is 18.3 Å².